The van der Waals surface area contributed by atoms with Gasteiger partial charge in [-0.2, -0.15) is 8.78 Å². The number of hydrogen-bond acceptors (Lipinski definition) is 3. The maximum absolute atomic E-state index is 14.0. The largest absolute Gasteiger partial charge is 0.497 e. The zero-order valence-electron chi connectivity index (χ0n) is 11.7. The van der Waals surface area contributed by atoms with E-state index in [1.54, 1.807) is 0 Å². The van der Waals surface area contributed by atoms with Crippen molar-refractivity contribution in [3.05, 3.63) is 24.0 Å². The third kappa shape index (κ3) is 2.78. The highest BCUT2D eigenvalue weighted by Crippen LogP contribution is 2.36. The second-order valence-corrected chi connectivity index (χ2v) is 5.65. The van der Waals surface area contributed by atoms with Crippen molar-refractivity contribution in [2.45, 2.75) is 45.5 Å². The second-order valence-electron chi connectivity index (χ2n) is 5.65. The summed E-state index contributed by atoms with van der Waals surface area (Å²) in [5, 5.41) is 0. The first-order chi connectivity index (χ1) is 9.12. The highest BCUT2D eigenvalue weighted by atomic mass is 19.3. The minimum atomic E-state index is -2.99. The van der Waals surface area contributed by atoms with Crippen molar-refractivity contribution < 1.29 is 27.2 Å². The Morgan fingerprint density at radius 1 is 1.10 bits per heavy atom. The molecule has 0 atom stereocenters. The van der Waals surface area contributed by atoms with E-state index < -0.39 is 30.7 Å². The number of alkyl halides is 2. The van der Waals surface area contributed by atoms with E-state index in [0.717, 1.165) is 6.07 Å². The van der Waals surface area contributed by atoms with Crippen molar-refractivity contribution >= 4 is 12.6 Å². The fourth-order valence-corrected chi connectivity index (χ4v) is 1.85. The standard InChI is InChI=1S/C13H16BF3O3/c1-12(2)13(3,4)20-14(19-12)9-6-5-8(7-10(9)15)18-11(16)17/h5-7,11H,1-4H3. The second kappa shape index (κ2) is 4.97. The van der Waals surface area contributed by atoms with Gasteiger partial charge in [0.15, 0.2) is 0 Å². The number of halogens is 3. The number of benzene rings is 1. The molecular weight excluding hydrogens is 272 g/mol. The Hall–Kier alpha value is -1.21. The summed E-state index contributed by atoms with van der Waals surface area (Å²) in [6.07, 6.45) is 0. The predicted octanol–water partition coefficient (Wildman–Crippen LogP) is 2.73. The Bertz CT molecular complexity index is 490. The molecule has 0 bridgehead atoms. The fraction of sp³-hybridized carbons (Fsp3) is 0.538. The molecule has 1 aliphatic heterocycles. The van der Waals surface area contributed by atoms with Gasteiger partial charge in [-0.3, -0.25) is 0 Å². The van der Waals surface area contributed by atoms with E-state index in [1.165, 1.54) is 12.1 Å². The lowest BCUT2D eigenvalue weighted by atomic mass is 9.78. The summed E-state index contributed by atoms with van der Waals surface area (Å²) in [7, 11) is -0.874. The summed E-state index contributed by atoms with van der Waals surface area (Å²) in [5.41, 5.74) is -1.03. The third-order valence-electron chi connectivity index (χ3n) is 3.70. The maximum atomic E-state index is 14.0. The number of rotatable bonds is 3. The monoisotopic (exact) mass is 288 g/mol. The van der Waals surface area contributed by atoms with E-state index >= 15 is 0 Å². The Morgan fingerprint density at radius 2 is 1.65 bits per heavy atom. The Morgan fingerprint density at radius 3 is 2.10 bits per heavy atom. The summed E-state index contributed by atoms with van der Waals surface area (Å²) in [4.78, 5) is 0. The lowest BCUT2D eigenvalue weighted by Crippen LogP contribution is -2.41. The Kier molecular flexibility index (Phi) is 3.77. The topological polar surface area (TPSA) is 27.7 Å². The molecule has 0 saturated carbocycles. The van der Waals surface area contributed by atoms with Gasteiger partial charge in [0.05, 0.1) is 11.2 Å². The van der Waals surface area contributed by atoms with Crippen molar-refractivity contribution in [2.75, 3.05) is 0 Å². The molecule has 0 radical (unpaired) electrons. The minimum absolute atomic E-state index is 0.158. The molecule has 1 heterocycles. The van der Waals surface area contributed by atoms with Crippen LogP contribution in [0.25, 0.3) is 0 Å². The van der Waals surface area contributed by atoms with E-state index in [9.17, 15) is 13.2 Å². The number of hydrogen-bond donors (Lipinski definition) is 0. The van der Waals surface area contributed by atoms with Crippen molar-refractivity contribution in [2.24, 2.45) is 0 Å². The van der Waals surface area contributed by atoms with E-state index in [0.29, 0.717) is 0 Å². The average Bonchev–Trinajstić information content (AvgIpc) is 2.46. The van der Waals surface area contributed by atoms with Crippen LogP contribution in [0, 0.1) is 5.82 Å². The zero-order chi connectivity index (χ0) is 15.1. The van der Waals surface area contributed by atoms with Crippen LogP contribution in [-0.4, -0.2) is 24.9 Å². The van der Waals surface area contributed by atoms with Crippen molar-refractivity contribution in [3.63, 3.8) is 0 Å². The Balaban J connectivity index is 2.23. The maximum Gasteiger partial charge on any atom is 0.497 e. The highest BCUT2D eigenvalue weighted by Gasteiger charge is 2.52. The molecule has 0 aliphatic carbocycles. The van der Waals surface area contributed by atoms with Crippen LogP contribution >= 0.6 is 0 Å². The molecule has 1 aromatic carbocycles. The van der Waals surface area contributed by atoms with Gasteiger partial charge in [0, 0.05) is 11.5 Å². The van der Waals surface area contributed by atoms with Crippen molar-refractivity contribution in [1.82, 2.24) is 0 Å². The molecule has 7 heteroatoms. The van der Waals surface area contributed by atoms with E-state index in [-0.39, 0.29) is 11.2 Å². The van der Waals surface area contributed by atoms with Gasteiger partial charge in [0.2, 0.25) is 0 Å². The molecule has 110 valence electrons. The SMILES string of the molecule is CC1(C)OB(c2ccc(OC(F)F)cc2F)OC1(C)C. The molecule has 20 heavy (non-hydrogen) atoms. The summed E-state index contributed by atoms with van der Waals surface area (Å²) in [6.45, 7) is 4.40. The van der Waals surface area contributed by atoms with Gasteiger partial charge in [-0.15, -0.1) is 0 Å². The summed E-state index contributed by atoms with van der Waals surface area (Å²) >= 11 is 0. The van der Waals surface area contributed by atoms with Crippen molar-refractivity contribution in [1.29, 1.82) is 0 Å². The van der Waals surface area contributed by atoms with Crippen LogP contribution in [0.15, 0.2) is 18.2 Å². The van der Waals surface area contributed by atoms with Gasteiger partial charge in [-0.1, -0.05) is 6.07 Å². The molecule has 0 spiro atoms. The average molecular weight is 288 g/mol. The lowest BCUT2D eigenvalue weighted by Gasteiger charge is -2.32. The normalized spacial score (nSPS) is 20.5. The Labute approximate surface area is 116 Å². The molecule has 1 aliphatic rings. The fourth-order valence-electron chi connectivity index (χ4n) is 1.85. The predicted molar refractivity (Wildman–Crippen MR) is 68.7 cm³/mol. The van der Waals surface area contributed by atoms with Crippen LogP contribution in [-0.2, 0) is 9.31 Å². The van der Waals surface area contributed by atoms with Gasteiger partial charge >= 0.3 is 13.7 Å². The summed E-state index contributed by atoms with van der Waals surface area (Å²) < 4.78 is 53.6. The smallest absolute Gasteiger partial charge is 0.435 e. The van der Waals surface area contributed by atoms with Gasteiger partial charge in [-0.05, 0) is 33.8 Å². The molecule has 2 rings (SSSR count). The molecule has 0 aromatic heterocycles. The van der Waals surface area contributed by atoms with Crippen LogP contribution in [0.1, 0.15) is 27.7 Å². The zero-order valence-corrected chi connectivity index (χ0v) is 11.7. The molecule has 3 nitrogen and oxygen atoms in total. The molecule has 0 unspecified atom stereocenters. The van der Waals surface area contributed by atoms with Gasteiger partial charge in [-0.25, -0.2) is 4.39 Å². The lowest BCUT2D eigenvalue weighted by molar-refractivity contribution is -0.0499. The van der Waals surface area contributed by atoms with Crippen LogP contribution < -0.4 is 10.2 Å². The van der Waals surface area contributed by atoms with Gasteiger partial charge < -0.3 is 14.0 Å². The number of ether oxygens (including phenoxy) is 1. The van der Waals surface area contributed by atoms with Crippen LogP contribution in [0.4, 0.5) is 13.2 Å². The molecule has 1 fully saturated rings. The van der Waals surface area contributed by atoms with Gasteiger partial charge in [0.1, 0.15) is 11.6 Å². The molecule has 0 N–H and O–H groups in total. The van der Waals surface area contributed by atoms with Gasteiger partial charge in [0.25, 0.3) is 0 Å². The first kappa shape index (κ1) is 15.2. The quantitative estimate of drug-likeness (QED) is 0.800. The minimum Gasteiger partial charge on any atom is -0.435 e. The first-order valence-corrected chi connectivity index (χ1v) is 6.22. The van der Waals surface area contributed by atoms with E-state index in [1.807, 2.05) is 27.7 Å². The third-order valence-corrected chi connectivity index (χ3v) is 3.70. The van der Waals surface area contributed by atoms with Crippen LogP contribution in [0.5, 0.6) is 5.75 Å². The summed E-state index contributed by atoms with van der Waals surface area (Å²) in [5.74, 6) is -0.945. The molecule has 0 amide bonds. The molecular formula is C13H16BF3O3. The summed E-state index contributed by atoms with van der Waals surface area (Å²) in [6, 6.07) is 3.48. The van der Waals surface area contributed by atoms with Crippen molar-refractivity contribution in [3.8, 4) is 5.75 Å². The highest BCUT2D eigenvalue weighted by molar-refractivity contribution is 6.62. The van der Waals surface area contributed by atoms with E-state index in [2.05, 4.69) is 4.74 Å². The molecule has 1 aromatic rings. The van der Waals surface area contributed by atoms with Crippen LogP contribution in [0.3, 0.4) is 0 Å². The van der Waals surface area contributed by atoms with Crippen LogP contribution in [0.2, 0.25) is 0 Å². The van der Waals surface area contributed by atoms with E-state index in [4.69, 9.17) is 9.31 Å². The molecule has 1 saturated heterocycles. The first-order valence-electron chi connectivity index (χ1n) is 6.22.